The fourth-order valence-corrected chi connectivity index (χ4v) is 2.93. The monoisotopic (exact) mass is 290 g/mol. The van der Waals surface area contributed by atoms with Gasteiger partial charge in [0.25, 0.3) is 0 Å². The van der Waals surface area contributed by atoms with Gasteiger partial charge in [0.1, 0.15) is 11.3 Å². The van der Waals surface area contributed by atoms with E-state index in [2.05, 4.69) is 10.3 Å². The summed E-state index contributed by atoms with van der Waals surface area (Å²) in [7, 11) is 0. The van der Waals surface area contributed by atoms with E-state index in [0.29, 0.717) is 12.6 Å². The lowest BCUT2D eigenvalue weighted by Gasteiger charge is -2.23. The third kappa shape index (κ3) is 3.05. The van der Waals surface area contributed by atoms with Crippen molar-refractivity contribution in [3.8, 4) is 5.75 Å². The molecule has 0 radical (unpaired) electrons. The third-order valence-electron chi connectivity index (χ3n) is 3.82. The normalized spacial score (nSPS) is 19.1. The molecule has 0 unspecified atom stereocenters. The van der Waals surface area contributed by atoms with Gasteiger partial charge in [-0.05, 0) is 50.1 Å². The Labute approximate surface area is 124 Å². The Hall–Kier alpha value is -1.32. The van der Waals surface area contributed by atoms with Crippen molar-refractivity contribution in [2.24, 2.45) is 0 Å². The third-order valence-corrected chi connectivity index (χ3v) is 4.15. The Kier molecular flexibility index (Phi) is 4.38. The maximum absolute atomic E-state index is 6.18. The summed E-state index contributed by atoms with van der Waals surface area (Å²) in [6, 6.07) is 8.24. The molecule has 2 aromatic rings. The predicted octanol–water partition coefficient (Wildman–Crippen LogP) is 3.80. The summed E-state index contributed by atoms with van der Waals surface area (Å²) in [5.74, 6) is 0.820. The van der Waals surface area contributed by atoms with Gasteiger partial charge in [-0.15, -0.1) is 0 Å². The Balaban J connectivity index is 1.67. The van der Waals surface area contributed by atoms with E-state index < -0.39 is 0 Å². The summed E-state index contributed by atoms with van der Waals surface area (Å²) in [4.78, 5) is 4.38. The van der Waals surface area contributed by atoms with Gasteiger partial charge in [0.15, 0.2) is 0 Å². The van der Waals surface area contributed by atoms with E-state index >= 15 is 0 Å². The van der Waals surface area contributed by atoms with E-state index in [1.54, 1.807) is 6.20 Å². The van der Waals surface area contributed by atoms with Gasteiger partial charge >= 0.3 is 0 Å². The molecule has 0 amide bonds. The van der Waals surface area contributed by atoms with Gasteiger partial charge in [-0.3, -0.25) is 4.98 Å². The number of pyridine rings is 1. The molecular formula is C16H19ClN2O. The average molecular weight is 291 g/mol. The molecule has 106 valence electrons. The van der Waals surface area contributed by atoms with Crippen LogP contribution in [0.1, 0.15) is 25.7 Å². The number of piperidine rings is 1. The fourth-order valence-electron chi connectivity index (χ4n) is 2.71. The number of hydrogen-bond acceptors (Lipinski definition) is 3. The highest BCUT2D eigenvalue weighted by atomic mass is 35.5. The minimum Gasteiger partial charge on any atom is -0.491 e. The molecule has 1 aliphatic rings. The van der Waals surface area contributed by atoms with E-state index in [0.717, 1.165) is 34.6 Å². The lowest BCUT2D eigenvalue weighted by Crippen LogP contribution is -2.35. The minimum absolute atomic E-state index is 0.593. The van der Waals surface area contributed by atoms with Crippen molar-refractivity contribution in [2.75, 3.05) is 13.2 Å². The maximum atomic E-state index is 6.18. The van der Waals surface area contributed by atoms with Crippen LogP contribution in [0, 0.1) is 0 Å². The van der Waals surface area contributed by atoms with Crippen molar-refractivity contribution in [2.45, 2.75) is 31.7 Å². The van der Waals surface area contributed by atoms with Crippen LogP contribution in [0.3, 0.4) is 0 Å². The first-order valence-corrected chi connectivity index (χ1v) is 7.62. The lowest BCUT2D eigenvalue weighted by atomic mass is 10.0. The van der Waals surface area contributed by atoms with Crippen molar-refractivity contribution < 1.29 is 4.74 Å². The van der Waals surface area contributed by atoms with Crippen molar-refractivity contribution >= 4 is 22.5 Å². The highest BCUT2D eigenvalue weighted by Crippen LogP contribution is 2.29. The van der Waals surface area contributed by atoms with Crippen molar-refractivity contribution in [1.82, 2.24) is 10.3 Å². The van der Waals surface area contributed by atoms with E-state index in [-0.39, 0.29) is 0 Å². The van der Waals surface area contributed by atoms with Gasteiger partial charge < -0.3 is 10.1 Å². The van der Waals surface area contributed by atoms with Gasteiger partial charge in [-0.1, -0.05) is 18.0 Å². The molecule has 4 heteroatoms. The van der Waals surface area contributed by atoms with Crippen LogP contribution in [-0.2, 0) is 0 Å². The number of nitrogens with one attached hydrogen (secondary N) is 1. The largest absolute Gasteiger partial charge is 0.491 e. The van der Waals surface area contributed by atoms with E-state index in [1.807, 2.05) is 24.3 Å². The second-order valence-corrected chi connectivity index (χ2v) is 5.64. The number of ether oxygens (including phenoxy) is 1. The average Bonchev–Trinajstić information content (AvgIpc) is 2.51. The summed E-state index contributed by atoms with van der Waals surface area (Å²) >= 11 is 6.18. The fraction of sp³-hybridized carbons (Fsp3) is 0.438. The molecule has 1 N–H and O–H groups in total. The first-order valence-electron chi connectivity index (χ1n) is 7.24. The molecule has 3 nitrogen and oxygen atoms in total. The molecule has 1 saturated heterocycles. The Morgan fingerprint density at radius 1 is 1.30 bits per heavy atom. The lowest BCUT2D eigenvalue weighted by molar-refractivity contribution is 0.270. The molecule has 1 fully saturated rings. The van der Waals surface area contributed by atoms with Gasteiger partial charge in [-0.2, -0.15) is 0 Å². The van der Waals surface area contributed by atoms with E-state index in [4.69, 9.17) is 16.3 Å². The molecule has 20 heavy (non-hydrogen) atoms. The Bertz CT molecular complexity index is 582. The molecule has 1 aliphatic heterocycles. The van der Waals surface area contributed by atoms with Crippen LogP contribution in [0.2, 0.25) is 5.02 Å². The zero-order valence-electron chi connectivity index (χ0n) is 11.4. The zero-order chi connectivity index (χ0) is 13.8. The maximum Gasteiger partial charge on any atom is 0.145 e. The molecule has 2 heterocycles. The molecule has 1 atom stereocenters. The summed E-state index contributed by atoms with van der Waals surface area (Å²) in [6.45, 7) is 1.85. The highest BCUT2D eigenvalue weighted by Gasteiger charge is 2.13. The molecule has 0 bridgehead atoms. The molecular weight excluding hydrogens is 272 g/mol. The summed E-state index contributed by atoms with van der Waals surface area (Å²) in [5, 5.41) is 5.20. The topological polar surface area (TPSA) is 34.1 Å². The van der Waals surface area contributed by atoms with Crippen LogP contribution in [0.4, 0.5) is 0 Å². The molecule has 1 aromatic carbocycles. The number of nitrogens with zero attached hydrogens (tertiary/aromatic N) is 1. The zero-order valence-corrected chi connectivity index (χ0v) is 12.2. The first kappa shape index (κ1) is 13.7. The standard InChI is InChI=1S/C16H19ClN2O/c17-14-6-7-15(16-13(14)5-3-10-19-16)20-11-8-12-4-1-2-9-18-12/h3,5-7,10,12,18H,1-2,4,8-9,11H2/t12-/m1/s1. The number of halogens is 1. The van der Waals surface area contributed by atoms with Crippen molar-refractivity contribution in [1.29, 1.82) is 0 Å². The summed E-state index contributed by atoms with van der Waals surface area (Å²) in [5.41, 5.74) is 0.844. The Morgan fingerprint density at radius 3 is 3.10 bits per heavy atom. The SMILES string of the molecule is Clc1ccc(OCC[C@H]2CCCCN2)c2ncccc12. The number of benzene rings is 1. The molecule has 3 rings (SSSR count). The van der Waals surface area contributed by atoms with Crippen molar-refractivity contribution in [3.63, 3.8) is 0 Å². The second kappa shape index (κ2) is 6.42. The molecule has 0 saturated carbocycles. The van der Waals surface area contributed by atoms with Gasteiger partial charge in [-0.25, -0.2) is 0 Å². The van der Waals surface area contributed by atoms with Gasteiger partial charge in [0.05, 0.1) is 11.6 Å². The summed E-state index contributed by atoms with van der Waals surface area (Å²) < 4.78 is 5.92. The predicted molar refractivity (Wildman–Crippen MR) is 82.5 cm³/mol. The molecule has 1 aromatic heterocycles. The van der Waals surface area contributed by atoms with E-state index in [1.165, 1.54) is 19.3 Å². The van der Waals surface area contributed by atoms with Crippen LogP contribution in [-0.4, -0.2) is 24.2 Å². The van der Waals surface area contributed by atoms with Crippen LogP contribution in [0.5, 0.6) is 5.75 Å². The molecule has 0 spiro atoms. The number of aromatic nitrogens is 1. The van der Waals surface area contributed by atoms with Crippen LogP contribution in [0.15, 0.2) is 30.5 Å². The number of rotatable bonds is 4. The van der Waals surface area contributed by atoms with Gasteiger partial charge in [0, 0.05) is 17.6 Å². The van der Waals surface area contributed by atoms with Crippen LogP contribution >= 0.6 is 11.6 Å². The quantitative estimate of drug-likeness (QED) is 0.930. The minimum atomic E-state index is 0.593. The van der Waals surface area contributed by atoms with Crippen LogP contribution < -0.4 is 10.1 Å². The van der Waals surface area contributed by atoms with Gasteiger partial charge in [0.2, 0.25) is 0 Å². The number of hydrogen-bond donors (Lipinski definition) is 1. The first-order chi connectivity index (χ1) is 9.84. The second-order valence-electron chi connectivity index (χ2n) is 5.23. The van der Waals surface area contributed by atoms with E-state index in [9.17, 15) is 0 Å². The van der Waals surface area contributed by atoms with Crippen molar-refractivity contribution in [3.05, 3.63) is 35.5 Å². The molecule has 0 aliphatic carbocycles. The number of fused-ring (bicyclic) bond motifs is 1. The highest BCUT2D eigenvalue weighted by molar-refractivity contribution is 6.35. The smallest absolute Gasteiger partial charge is 0.145 e. The Morgan fingerprint density at radius 2 is 2.25 bits per heavy atom. The summed E-state index contributed by atoms with van der Waals surface area (Å²) in [6.07, 6.45) is 6.68. The van der Waals surface area contributed by atoms with Crippen LogP contribution in [0.25, 0.3) is 10.9 Å².